The lowest BCUT2D eigenvalue weighted by atomic mass is 9.79. The van der Waals surface area contributed by atoms with Crippen molar-refractivity contribution in [1.82, 2.24) is 0 Å². The molecule has 0 amide bonds. The first-order chi connectivity index (χ1) is 13.8. The van der Waals surface area contributed by atoms with Crippen molar-refractivity contribution in [2.45, 2.75) is 5.54 Å². The van der Waals surface area contributed by atoms with Gasteiger partial charge in [-0.15, -0.1) is 0 Å². The lowest BCUT2D eigenvalue weighted by Gasteiger charge is -2.38. The van der Waals surface area contributed by atoms with E-state index in [0.717, 1.165) is 17.0 Å². The number of benzene rings is 4. The summed E-state index contributed by atoms with van der Waals surface area (Å²) in [7, 11) is 1.73. The number of para-hydroxylation sites is 1. The molecule has 0 bridgehead atoms. The Morgan fingerprint density at radius 3 is 2.36 bits per heavy atom. The molecular weight excluding hydrogens is 342 g/mol. The van der Waals surface area contributed by atoms with Gasteiger partial charge in [0, 0.05) is 16.8 Å². The Morgan fingerprint density at radius 1 is 0.750 bits per heavy atom. The topological polar surface area (TPSA) is 21.3 Å². The number of nitrogens with one attached hydrogen (secondary N) is 1. The van der Waals surface area contributed by atoms with E-state index in [2.05, 4.69) is 90.3 Å². The van der Waals surface area contributed by atoms with Gasteiger partial charge in [0.1, 0.15) is 11.3 Å². The molecular formula is C26H21NO. The van der Waals surface area contributed by atoms with Crippen LogP contribution < -0.4 is 10.1 Å². The van der Waals surface area contributed by atoms with Gasteiger partial charge in [-0.05, 0) is 34.5 Å². The molecule has 4 aromatic carbocycles. The van der Waals surface area contributed by atoms with Crippen molar-refractivity contribution in [3.05, 3.63) is 114 Å². The minimum atomic E-state index is -0.497. The molecule has 1 unspecified atom stereocenters. The van der Waals surface area contributed by atoms with Gasteiger partial charge in [0.05, 0.1) is 7.11 Å². The van der Waals surface area contributed by atoms with Crippen LogP contribution in [0.1, 0.15) is 16.7 Å². The van der Waals surface area contributed by atoms with Gasteiger partial charge in [-0.25, -0.2) is 0 Å². The van der Waals surface area contributed by atoms with E-state index in [0.29, 0.717) is 0 Å². The van der Waals surface area contributed by atoms with E-state index < -0.39 is 5.54 Å². The summed E-state index contributed by atoms with van der Waals surface area (Å²) in [5, 5.41) is 6.35. The maximum atomic E-state index is 5.73. The van der Waals surface area contributed by atoms with E-state index in [1.54, 1.807) is 7.11 Å². The largest absolute Gasteiger partial charge is 0.496 e. The van der Waals surface area contributed by atoms with Gasteiger partial charge in [-0.1, -0.05) is 84.9 Å². The zero-order valence-electron chi connectivity index (χ0n) is 15.7. The van der Waals surface area contributed by atoms with Crippen molar-refractivity contribution >= 4 is 22.5 Å². The Morgan fingerprint density at radius 2 is 1.50 bits per heavy atom. The second kappa shape index (κ2) is 6.58. The molecule has 1 N–H and O–H groups in total. The minimum Gasteiger partial charge on any atom is -0.496 e. The molecule has 0 spiro atoms. The molecule has 136 valence electrons. The third-order valence-electron chi connectivity index (χ3n) is 5.56. The number of fused-ring (bicyclic) bond motifs is 3. The molecule has 0 saturated heterocycles. The average molecular weight is 363 g/mol. The predicted octanol–water partition coefficient (Wildman–Crippen LogP) is 6.23. The summed E-state index contributed by atoms with van der Waals surface area (Å²) >= 11 is 0. The highest BCUT2D eigenvalue weighted by molar-refractivity contribution is 5.97. The smallest absolute Gasteiger partial charge is 0.125 e. The molecule has 28 heavy (non-hydrogen) atoms. The van der Waals surface area contributed by atoms with Crippen molar-refractivity contribution in [3.8, 4) is 5.75 Å². The summed E-state index contributed by atoms with van der Waals surface area (Å²) in [5.74, 6) is 0.868. The molecule has 2 nitrogen and oxygen atoms in total. The van der Waals surface area contributed by atoms with Crippen LogP contribution in [0.3, 0.4) is 0 Å². The van der Waals surface area contributed by atoms with Crippen molar-refractivity contribution < 1.29 is 4.74 Å². The van der Waals surface area contributed by atoms with Gasteiger partial charge in [0.15, 0.2) is 0 Å². The zero-order chi connectivity index (χ0) is 19.0. The quantitative estimate of drug-likeness (QED) is 0.466. The third kappa shape index (κ3) is 2.49. The summed E-state index contributed by atoms with van der Waals surface area (Å²) in [5.41, 5.74) is 4.12. The zero-order valence-corrected chi connectivity index (χ0v) is 15.7. The number of hydrogen-bond donors (Lipinski definition) is 1. The number of ether oxygens (including phenoxy) is 1. The highest BCUT2D eigenvalue weighted by atomic mass is 16.5. The number of rotatable bonds is 3. The number of hydrogen-bond acceptors (Lipinski definition) is 2. The van der Waals surface area contributed by atoms with Gasteiger partial charge < -0.3 is 10.1 Å². The molecule has 0 radical (unpaired) electrons. The highest BCUT2D eigenvalue weighted by Crippen LogP contribution is 2.44. The van der Waals surface area contributed by atoms with Crippen LogP contribution in [0.15, 0.2) is 97.1 Å². The van der Waals surface area contributed by atoms with Crippen molar-refractivity contribution in [2.24, 2.45) is 0 Å². The van der Waals surface area contributed by atoms with E-state index in [4.69, 9.17) is 4.74 Å². The fourth-order valence-electron chi connectivity index (χ4n) is 4.20. The standard InChI is InChI=1S/C26H21NO/c1-28-25-14-8-7-13-23(25)26(20-10-3-2-4-11-20)18-17-22-21-12-6-5-9-19(21)15-16-24(22)27-26/h2-18,27H,1H3. The van der Waals surface area contributed by atoms with Crippen LogP contribution in [0.4, 0.5) is 5.69 Å². The van der Waals surface area contributed by atoms with Crippen molar-refractivity contribution in [2.75, 3.05) is 12.4 Å². The molecule has 5 rings (SSSR count). The Labute approximate surface area is 165 Å². The second-order valence-corrected chi connectivity index (χ2v) is 7.08. The molecule has 0 fully saturated rings. The Hall–Kier alpha value is -3.52. The first-order valence-electron chi connectivity index (χ1n) is 9.50. The molecule has 1 aliphatic heterocycles. The normalized spacial score (nSPS) is 17.8. The van der Waals surface area contributed by atoms with Crippen LogP contribution in [-0.2, 0) is 5.54 Å². The summed E-state index contributed by atoms with van der Waals surface area (Å²) < 4.78 is 5.73. The van der Waals surface area contributed by atoms with E-state index in [1.165, 1.54) is 21.9 Å². The average Bonchev–Trinajstić information content (AvgIpc) is 2.79. The van der Waals surface area contributed by atoms with Gasteiger partial charge in [-0.3, -0.25) is 0 Å². The fraction of sp³-hybridized carbons (Fsp3) is 0.0769. The fourth-order valence-corrected chi connectivity index (χ4v) is 4.20. The monoisotopic (exact) mass is 363 g/mol. The summed E-state index contributed by atoms with van der Waals surface area (Å²) in [6, 6.07) is 31.6. The molecule has 4 aromatic rings. The molecule has 1 atom stereocenters. The lowest BCUT2D eigenvalue weighted by Crippen LogP contribution is -2.36. The first kappa shape index (κ1) is 16.6. The first-order valence-corrected chi connectivity index (χ1v) is 9.50. The maximum absolute atomic E-state index is 5.73. The van der Waals surface area contributed by atoms with Gasteiger partial charge in [0.25, 0.3) is 0 Å². The van der Waals surface area contributed by atoms with Crippen molar-refractivity contribution in [1.29, 1.82) is 0 Å². The predicted molar refractivity (Wildman–Crippen MR) is 117 cm³/mol. The Bertz CT molecular complexity index is 1180. The van der Waals surface area contributed by atoms with E-state index >= 15 is 0 Å². The van der Waals surface area contributed by atoms with Crippen LogP contribution in [0.2, 0.25) is 0 Å². The number of anilines is 1. The highest BCUT2D eigenvalue weighted by Gasteiger charge is 2.36. The number of methoxy groups -OCH3 is 1. The molecule has 1 heterocycles. The molecule has 0 aromatic heterocycles. The Kier molecular flexibility index (Phi) is 3.91. The molecule has 1 aliphatic rings. The lowest BCUT2D eigenvalue weighted by molar-refractivity contribution is 0.405. The summed E-state index contributed by atoms with van der Waals surface area (Å²) in [4.78, 5) is 0. The summed E-state index contributed by atoms with van der Waals surface area (Å²) in [6.45, 7) is 0. The van der Waals surface area contributed by atoms with Crippen LogP contribution in [0.5, 0.6) is 5.75 Å². The van der Waals surface area contributed by atoms with E-state index in [-0.39, 0.29) is 0 Å². The van der Waals surface area contributed by atoms with Crippen LogP contribution in [-0.4, -0.2) is 7.11 Å². The van der Waals surface area contributed by atoms with E-state index in [9.17, 15) is 0 Å². The van der Waals surface area contributed by atoms with E-state index in [1.807, 2.05) is 18.2 Å². The Balaban J connectivity index is 1.77. The summed E-state index contributed by atoms with van der Waals surface area (Å²) in [6.07, 6.45) is 4.50. The van der Waals surface area contributed by atoms with Gasteiger partial charge >= 0.3 is 0 Å². The van der Waals surface area contributed by atoms with Gasteiger partial charge in [0.2, 0.25) is 0 Å². The molecule has 0 saturated carbocycles. The second-order valence-electron chi connectivity index (χ2n) is 7.08. The van der Waals surface area contributed by atoms with Crippen LogP contribution >= 0.6 is 0 Å². The van der Waals surface area contributed by atoms with Crippen molar-refractivity contribution in [3.63, 3.8) is 0 Å². The van der Waals surface area contributed by atoms with Crippen LogP contribution in [0, 0.1) is 0 Å². The van der Waals surface area contributed by atoms with Gasteiger partial charge in [-0.2, -0.15) is 0 Å². The third-order valence-corrected chi connectivity index (χ3v) is 5.56. The maximum Gasteiger partial charge on any atom is 0.125 e. The molecule has 0 aliphatic carbocycles. The van der Waals surface area contributed by atoms with Crippen LogP contribution in [0.25, 0.3) is 16.8 Å². The minimum absolute atomic E-state index is 0.497. The molecule has 2 heteroatoms. The SMILES string of the molecule is COc1ccccc1C1(c2ccccc2)C=Cc2c(ccc3ccccc23)N1.